The van der Waals surface area contributed by atoms with E-state index in [1.54, 1.807) is 6.07 Å². The number of anilines is 1. The van der Waals surface area contributed by atoms with Gasteiger partial charge in [-0.25, -0.2) is 4.39 Å². The van der Waals surface area contributed by atoms with Crippen molar-refractivity contribution in [2.24, 2.45) is 5.92 Å². The Bertz CT molecular complexity index is 894. The van der Waals surface area contributed by atoms with Gasteiger partial charge in [0.2, 0.25) is 5.91 Å². The molecule has 0 heterocycles. The van der Waals surface area contributed by atoms with E-state index >= 15 is 0 Å². The van der Waals surface area contributed by atoms with Crippen molar-refractivity contribution in [1.29, 1.82) is 5.26 Å². The van der Waals surface area contributed by atoms with Gasteiger partial charge in [-0.1, -0.05) is 32.9 Å². The number of amides is 2. The summed E-state index contributed by atoms with van der Waals surface area (Å²) in [4.78, 5) is 26.2. The van der Waals surface area contributed by atoms with Crippen molar-refractivity contribution >= 4 is 29.3 Å². The number of nitriles is 1. The van der Waals surface area contributed by atoms with Gasteiger partial charge < -0.3 is 10.6 Å². The molecule has 0 bridgehead atoms. The number of thioether (sulfide) groups is 1. The molecule has 0 radical (unpaired) electrons. The zero-order valence-corrected chi connectivity index (χ0v) is 17.4. The van der Waals surface area contributed by atoms with Crippen LogP contribution < -0.4 is 10.6 Å². The normalized spacial score (nSPS) is 12.7. The molecule has 0 aliphatic carbocycles. The fraction of sp³-hybridized carbons (Fsp3) is 0.318. The average molecular weight is 414 g/mol. The predicted octanol–water partition coefficient (Wildman–Crippen LogP) is 4.61. The fourth-order valence-electron chi connectivity index (χ4n) is 2.63. The zero-order chi connectivity index (χ0) is 21.4. The molecule has 0 fully saturated rings. The molecule has 29 heavy (non-hydrogen) atoms. The number of nitrogens with one attached hydrogen (secondary N) is 2. The van der Waals surface area contributed by atoms with Crippen LogP contribution in [0.25, 0.3) is 0 Å². The number of carbonyl (C=O) groups is 2. The lowest BCUT2D eigenvalue weighted by molar-refractivity contribution is -0.118. The maximum absolute atomic E-state index is 13.1. The minimum atomic E-state index is -0.762. The van der Waals surface area contributed by atoms with Crippen LogP contribution in [-0.4, -0.2) is 23.1 Å². The van der Waals surface area contributed by atoms with E-state index in [4.69, 9.17) is 5.26 Å². The van der Waals surface area contributed by atoms with Crippen LogP contribution >= 0.6 is 11.8 Å². The van der Waals surface area contributed by atoms with Gasteiger partial charge in [0.25, 0.3) is 5.91 Å². The number of halogens is 1. The Hall–Kier alpha value is -2.85. The van der Waals surface area contributed by atoms with Gasteiger partial charge in [0.1, 0.15) is 11.9 Å². The molecule has 2 unspecified atom stereocenters. The molecular formula is C22H24FN3O2S. The maximum Gasteiger partial charge on any atom is 0.251 e. The van der Waals surface area contributed by atoms with E-state index in [9.17, 15) is 14.0 Å². The number of rotatable bonds is 8. The van der Waals surface area contributed by atoms with Gasteiger partial charge in [0.15, 0.2) is 0 Å². The fourth-order valence-corrected chi connectivity index (χ4v) is 3.63. The molecular weight excluding hydrogens is 389 g/mol. The van der Waals surface area contributed by atoms with Gasteiger partial charge in [-0.15, -0.1) is 11.8 Å². The van der Waals surface area contributed by atoms with Gasteiger partial charge >= 0.3 is 0 Å². The minimum absolute atomic E-state index is 0.0807. The Balaban J connectivity index is 2.13. The monoisotopic (exact) mass is 413 g/mol. The molecule has 2 amide bonds. The largest absolute Gasteiger partial charge is 0.340 e. The Morgan fingerprint density at radius 3 is 2.38 bits per heavy atom. The molecule has 0 saturated carbocycles. The van der Waals surface area contributed by atoms with Crippen LogP contribution in [-0.2, 0) is 4.79 Å². The summed E-state index contributed by atoms with van der Waals surface area (Å²) < 4.78 is 13.1. The Kier molecular flexibility index (Phi) is 8.22. The first-order chi connectivity index (χ1) is 13.8. The van der Waals surface area contributed by atoms with Crippen LogP contribution in [0.3, 0.4) is 0 Å². The maximum atomic E-state index is 13.1. The summed E-state index contributed by atoms with van der Waals surface area (Å²) in [5, 5.41) is 14.6. The third-order valence-electron chi connectivity index (χ3n) is 4.19. The molecule has 0 aliphatic heterocycles. The van der Waals surface area contributed by atoms with Gasteiger partial charge in [-0.2, -0.15) is 5.26 Å². The molecule has 0 aliphatic rings. The van der Waals surface area contributed by atoms with Crippen molar-refractivity contribution in [2.75, 3.05) is 5.32 Å². The minimum Gasteiger partial charge on any atom is -0.340 e. The highest BCUT2D eigenvalue weighted by molar-refractivity contribution is 8.00. The van der Waals surface area contributed by atoms with E-state index in [2.05, 4.69) is 16.7 Å². The number of benzene rings is 2. The molecule has 0 spiro atoms. The molecule has 0 saturated heterocycles. The molecule has 7 heteroatoms. The Morgan fingerprint density at radius 1 is 1.10 bits per heavy atom. The van der Waals surface area contributed by atoms with Crippen LogP contribution in [0.4, 0.5) is 10.1 Å². The van der Waals surface area contributed by atoms with Crippen LogP contribution in [0.2, 0.25) is 0 Å². The second kappa shape index (κ2) is 10.6. The second-order valence-corrected chi connectivity index (χ2v) is 8.46. The molecule has 2 aromatic rings. The Morgan fingerprint density at radius 2 is 1.76 bits per heavy atom. The van der Waals surface area contributed by atoms with Gasteiger partial charge in [0, 0.05) is 22.1 Å². The summed E-state index contributed by atoms with van der Waals surface area (Å²) >= 11 is 1.51. The van der Waals surface area contributed by atoms with E-state index in [0.717, 1.165) is 4.90 Å². The predicted molar refractivity (Wildman–Crippen MR) is 113 cm³/mol. The molecule has 2 N–H and O–H groups in total. The van der Waals surface area contributed by atoms with Crippen molar-refractivity contribution in [3.05, 3.63) is 59.9 Å². The standard InChI is InChI=1S/C22H24FN3O2S/c1-14(2)20(26-21(27)16-8-10-17(23)11-9-16)22(28)25-18-6-4-5-7-19(18)29-15(3)12-13-24/h4-11,14-15,20H,12H2,1-3H3,(H,25,28)(H,26,27). The quantitative estimate of drug-likeness (QED) is 0.619. The van der Waals surface area contributed by atoms with Crippen LogP contribution in [0.1, 0.15) is 37.6 Å². The van der Waals surface area contributed by atoms with Crippen LogP contribution in [0.15, 0.2) is 53.4 Å². The van der Waals surface area contributed by atoms with E-state index in [0.29, 0.717) is 12.1 Å². The first-order valence-electron chi connectivity index (χ1n) is 9.31. The summed E-state index contributed by atoms with van der Waals surface area (Å²) in [7, 11) is 0. The topological polar surface area (TPSA) is 82.0 Å². The molecule has 2 rings (SSSR count). The highest BCUT2D eigenvalue weighted by Crippen LogP contribution is 2.31. The van der Waals surface area contributed by atoms with Crippen molar-refractivity contribution < 1.29 is 14.0 Å². The zero-order valence-electron chi connectivity index (χ0n) is 16.6. The van der Waals surface area contributed by atoms with Gasteiger partial charge in [0.05, 0.1) is 11.8 Å². The lowest BCUT2D eigenvalue weighted by Gasteiger charge is -2.23. The Labute approximate surface area is 174 Å². The van der Waals surface area contributed by atoms with Crippen molar-refractivity contribution in [1.82, 2.24) is 5.32 Å². The first kappa shape index (κ1) is 22.4. The highest BCUT2D eigenvalue weighted by Gasteiger charge is 2.25. The lowest BCUT2D eigenvalue weighted by Crippen LogP contribution is -2.47. The van der Waals surface area contributed by atoms with Crippen molar-refractivity contribution in [3.8, 4) is 6.07 Å². The van der Waals surface area contributed by atoms with Crippen LogP contribution in [0.5, 0.6) is 0 Å². The molecule has 2 aromatic carbocycles. The summed E-state index contributed by atoms with van der Waals surface area (Å²) in [6.45, 7) is 5.63. The smallest absolute Gasteiger partial charge is 0.251 e. The third-order valence-corrected chi connectivity index (χ3v) is 5.37. The van der Waals surface area contributed by atoms with E-state index in [1.165, 1.54) is 36.0 Å². The molecule has 0 aromatic heterocycles. The number of para-hydroxylation sites is 1. The van der Waals surface area contributed by atoms with Gasteiger partial charge in [-0.3, -0.25) is 9.59 Å². The first-order valence-corrected chi connectivity index (χ1v) is 10.2. The van der Waals surface area contributed by atoms with Crippen molar-refractivity contribution in [2.45, 2.75) is 43.4 Å². The number of carbonyl (C=O) groups excluding carboxylic acids is 2. The summed E-state index contributed by atoms with van der Waals surface area (Å²) in [5.41, 5.74) is 0.917. The van der Waals surface area contributed by atoms with Crippen LogP contribution in [0, 0.1) is 23.1 Å². The molecule has 152 valence electrons. The second-order valence-electron chi connectivity index (χ2n) is 6.98. The van der Waals surface area contributed by atoms with E-state index < -0.39 is 17.8 Å². The van der Waals surface area contributed by atoms with E-state index in [-0.39, 0.29) is 22.6 Å². The summed E-state index contributed by atoms with van der Waals surface area (Å²) in [6.07, 6.45) is 0.398. The number of nitrogens with zero attached hydrogens (tertiary/aromatic N) is 1. The van der Waals surface area contributed by atoms with Gasteiger partial charge in [-0.05, 0) is 42.3 Å². The molecule has 2 atom stereocenters. The lowest BCUT2D eigenvalue weighted by atomic mass is 10.0. The number of hydrogen-bond donors (Lipinski definition) is 2. The summed E-state index contributed by atoms with van der Waals surface area (Å²) in [6, 6.07) is 13.9. The van der Waals surface area contributed by atoms with E-state index in [1.807, 2.05) is 39.0 Å². The number of hydrogen-bond acceptors (Lipinski definition) is 4. The van der Waals surface area contributed by atoms with Crippen molar-refractivity contribution in [3.63, 3.8) is 0 Å². The highest BCUT2D eigenvalue weighted by atomic mass is 32.2. The molecule has 5 nitrogen and oxygen atoms in total. The SMILES string of the molecule is CC(CC#N)Sc1ccccc1NC(=O)C(NC(=O)c1ccc(F)cc1)C(C)C. The third kappa shape index (κ3) is 6.61. The average Bonchev–Trinajstić information content (AvgIpc) is 2.67. The summed E-state index contributed by atoms with van der Waals surface area (Å²) in [5.74, 6) is -1.36.